The number of carbonyl (C=O) groups is 3. The van der Waals surface area contributed by atoms with Crippen molar-refractivity contribution in [2.45, 2.75) is 160 Å². The van der Waals surface area contributed by atoms with E-state index in [9.17, 15) is 29.8 Å². The summed E-state index contributed by atoms with van der Waals surface area (Å²) in [5.41, 5.74) is 2.14. The molecule has 4 rings (SSSR count). The van der Waals surface area contributed by atoms with Crippen molar-refractivity contribution in [1.29, 1.82) is 0 Å². The Kier molecular flexibility index (Phi) is 17.5. The minimum Gasteiger partial charge on any atom is -0.456 e. The van der Waals surface area contributed by atoms with E-state index < -0.39 is 71.8 Å². The first-order chi connectivity index (χ1) is 27.1. The Morgan fingerprint density at radius 2 is 1.70 bits per heavy atom. The van der Waals surface area contributed by atoms with Crippen LogP contribution >= 0.6 is 0 Å². The van der Waals surface area contributed by atoms with Crippen molar-refractivity contribution in [3.05, 3.63) is 36.0 Å². The highest BCUT2D eigenvalue weighted by atomic mass is 16.7. The van der Waals surface area contributed by atoms with Crippen molar-refractivity contribution in [3.63, 3.8) is 0 Å². The molecule has 2 bridgehead atoms. The van der Waals surface area contributed by atoms with Gasteiger partial charge in [-0.05, 0) is 95.5 Å². The van der Waals surface area contributed by atoms with Gasteiger partial charge in [-0.2, -0.15) is 0 Å². The molecule has 322 valence electrons. The van der Waals surface area contributed by atoms with Crippen LogP contribution in [0, 0.1) is 29.6 Å². The summed E-state index contributed by atoms with van der Waals surface area (Å²) in [4.78, 5) is 44.1. The van der Waals surface area contributed by atoms with Gasteiger partial charge in [0, 0.05) is 52.0 Å². The van der Waals surface area contributed by atoms with Gasteiger partial charge in [-0.1, -0.05) is 56.1 Å². The average Bonchev–Trinajstić information content (AvgIpc) is 3.20. The summed E-state index contributed by atoms with van der Waals surface area (Å²) in [6.45, 7) is 13.4. The van der Waals surface area contributed by atoms with Crippen molar-refractivity contribution in [3.8, 4) is 0 Å². The van der Waals surface area contributed by atoms with Gasteiger partial charge >= 0.3 is 5.97 Å². The molecule has 3 fully saturated rings. The van der Waals surface area contributed by atoms with E-state index in [1.807, 2.05) is 19.9 Å². The second-order valence-electron chi connectivity index (χ2n) is 17.3. The Balaban J connectivity index is 1.80. The Bertz CT molecular complexity index is 1480. The summed E-state index contributed by atoms with van der Waals surface area (Å²) in [6.07, 6.45) is 8.94. The predicted octanol–water partition coefficient (Wildman–Crippen LogP) is 5.93. The number of aliphatic hydroxyl groups excluding tert-OH is 1. The number of hydrogen-bond donors (Lipinski definition) is 3. The third-order valence-electron chi connectivity index (χ3n) is 12.9. The first-order valence-electron chi connectivity index (χ1n) is 21.0. The van der Waals surface area contributed by atoms with E-state index in [2.05, 4.69) is 24.7 Å². The largest absolute Gasteiger partial charge is 0.456 e. The van der Waals surface area contributed by atoms with Gasteiger partial charge in [0.15, 0.2) is 0 Å². The molecule has 0 aromatic carbocycles. The number of allylic oxidation sites excluding steroid dienone is 4. The van der Waals surface area contributed by atoms with E-state index in [4.69, 9.17) is 23.7 Å². The molecule has 57 heavy (non-hydrogen) atoms. The van der Waals surface area contributed by atoms with Gasteiger partial charge in [0.25, 0.3) is 11.7 Å². The summed E-state index contributed by atoms with van der Waals surface area (Å²) in [5, 5.41) is 37.9. The van der Waals surface area contributed by atoms with Crippen LogP contribution in [0.25, 0.3) is 0 Å². The highest BCUT2D eigenvalue weighted by Gasteiger charge is 2.56. The van der Waals surface area contributed by atoms with Crippen molar-refractivity contribution in [2.24, 2.45) is 34.7 Å². The number of ketones is 1. The minimum atomic E-state index is -2.49. The molecule has 3 N–H and O–H groups in total. The molecule has 0 unspecified atom stereocenters. The monoisotopic (exact) mass is 802 g/mol. The number of ether oxygens (including phenoxy) is 5. The van der Waals surface area contributed by atoms with Crippen LogP contribution in [0.1, 0.15) is 112 Å². The molecule has 2 saturated heterocycles. The fourth-order valence-corrected chi connectivity index (χ4v) is 9.55. The quantitative estimate of drug-likeness (QED) is 0.0916. The molecular weight excluding hydrogens is 732 g/mol. The molecule has 3 heterocycles. The molecule has 1 aliphatic carbocycles. The number of nitrogens with zero attached hydrogens (tertiary/aromatic N) is 2. The summed E-state index contributed by atoms with van der Waals surface area (Å²) in [7, 11) is 4.79. The predicted molar refractivity (Wildman–Crippen MR) is 215 cm³/mol. The highest BCUT2D eigenvalue weighted by Crippen LogP contribution is 2.39. The number of hydrogen-bond acceptors (Lipinski definition) is 12. The molecular formula is C44H70N2O11. The van der Waals surface area contributed by atoms with E-state index >= 15 is 0 Å². The number of cyclic esters (lactones) is 1. The fraction of sp³-hybridized carbons (Fsp3) is 0.773. The smallest absolute Gasteiger partial charge is 0.329 e. The van der Waals surface area contributed by atoms with Crippen LogP contribution in [-0.4, -0.2) is 120 Å². The summed E-state index contributed by atoms with van der Waals surface area (Å²) >= 11 is 0. The molecule has 0 spiro atoms. The Morgan fingerprint density at radius 1 is 1.00 bits per heavy atom. The number of methoxy groups -OCH3 is 3. The topological polar surface area (TPSA) is 174 Å². The van der Waals surface area contributed by atoms with Crippen LogP contribution in [0.15, 0.2) is 41.1 Å². The molecule has 3 aliphatic heterocycles. The number of esters is 1. The first kappa shape index (κ1) is 46.7. The molecule has 13 atom stereocenters. The molecule has 4 aliphatic rings. The van der Waals surface area contributed by atoms with E-state index in [0.29, 0.717) is 37.8 Å². The Labute approximate surface area is 339 Å². The van der Waals surface area contributed by atoms with Crippen LogP contribution < -0.4 is 0 Å². The standard InChI is InChI=1S/C44H70N2O11/c1-10-14-32-20-26(2)19-27(3)21-37(54-8)40-38(55-9)23-29(5)44(51,57-40)41(48)42(49)46-18-12-11-17-35(46)43(50)56-39(30(6)36(47)25-34(32)45-52)28(4)22-31-15-13-16-33(24-31)53-7/h10,20,22,27,29-33,35-40,47,51-52H,1,11-19,21,23-25H2,2-9H3/b26-20+,28-22+,45-34-/t27-,29+,30+,31-,32+,33-,35-,36-,37-,38-,39+,40+,44+/m0/s1. The summed E-state index contributed by atoms with van der Waals surface area (Å²) in [5.74, 6) is -6.98. The molecule has 0 radical (unpaired) electrons. The normalized spacial score (nSPS) is 40.4. The SMILES string of the molecule is C=CC[C@@H]1/C=C(\C)C[C@H](C)C[C@H](OC)[C@H]2O[C@@](O)(C(=O)C(=O)N3CCCC[C@H]3C(=O)O[C@H](/C(C)=C/[C@@H]3CCC[C@H](OC)C3)[C@H](C)[C@@H](O)C/C1=N/O)[C@H](C)C[C@@H]2OC. The molecule has 0 aromatic heterocycles. The van der Waals surface area contributed by atoms with Gasteiger partial charge in [-0.25, -0.2) is 4.79 Å². The third kappa shape index (κ3) is 11.4. The zero-order valence-corrected chi connectivity index (χ0v) is 35.6. The number of amides is 1. The van der Waals surface area contributed by atoms with Crippen molar-refractivity contribution in [2.75, 3.05) is 27.9 Å². The maximum Gasteiger partial charge on any atom is 0.329 e. The van der Waals surface area contributed by atoms with Gasteiger partial charge in [-0.15, -0.1) is 6.58 Å². The van der Waals surface area contributed by atoms with Crippen LogP contribution in [0.2, 0.25) is 0 Å². The van der Waals surface area contributed by atoms with Crippen LogP contribution in [-0.2, 0) is 38.1 Å². The zero-order valence-electron chi connectivity index (χ0n) is 35.6. The number of aliphatic hydroxyl groups is 2. The lowest BCUT2D eigenvalue weighted by Gasteiger charge is -2.47. The Morgan fingerprint density at radius 3 is 2.35 bits per heavy atom. The summed E-state index contributed by atoms with van der Waals surface area (Å²) in [6, 6.07) is -1.10. The maximum atomic E-state index is 14.4. The van der Waals surface area contributed by atoms with Gasteiger partial charge in [-0.3, -0.25) is 9.59 Å². The second-order valence-corrected chi connectivity index (χ2v) is 17.3. The minimum absolute atomic E-state index is 0.00843. The van der Waals surface area contributed by atoms with Crippen LogP contribution in [0.5, 0.6) is 0 Å². The summed E-state index contributed by atoms with van der Waals surface area (Å²) < 4.78 is 30.0. The van der Waals surface area contributed by atoms with Crippen molar-refractivity contribution in [1.82, 2.24) is 4.90 Å². The molecule has 1 saturated carbocycles. The van der Waals surface area contributed by atoms with E-state index in [-0.39, 0.29) is 49.7 Å². The van der Waals surface area contributed by atoms with Crippen molar-refractivity contribution < 1.29 is 53.5 Å². The Hall–Kier alpha value is -2.94. The molecule has 0 aromatic rings. The first-order valence-corrected chi connectivity index (χ1v) is 21.0. The lowest BCUT2D eigenvalue weighted by atomic mass is 9.82. The third-order valence-corrected chi connectivity index (χ3v) is 12.9. The van der Waals surface area contributed by atoms with Gasteiger partial charge in [0.2, 0.25) is 5.79 Å². The number of oxime groups is 1. The van der Waals surface area contributed by atoms with Gasteiger partial charge in [0.1, 0.15) is 18.2 Å². The highest BCUT2D eigenvalue weighted by molar-refractivity contribution is 6.39. The van der Waals surface area contributed by atoms with Crippen LogP contribution in [0.4, 0.5) is 0 Å². The lowest BCUT2D eigenvalue weighted by Crippen LogP contribution is -2.64. The maximum absolute atomic E-state index is 14.4. The van der Waals surface area contributed by atoms with Crippen LogP contribution in [0.3, 0.4) is 0 Å². The second kappa shape index (κ2) is 21.4. The van der Waals surface area contributed by atoms with E-state index in [1.54, 1.807) is 27.0 Å². The molecule has 1 amide bonds. The molecule has 13 heteroatoms. The van der Waals surface area contributed by atoms with E-state index in [0.717, 1.165) is 36.8 Å². The fourth-order valence-electron chi connectivity index (χ4n) is 9.55. The number of Topliss-reactive ketones (excluding diaryl/α,β-unsaturated/α-hetero) is 1. The number of carbonyl (C=O) groups excluding carboxylic acids is 3. The van der Waals surface area contributed by atoms with Gasteiger partial charge in [0.05, 0.1) is 30.1 Å². The number of piperidine rings is 1. The van der Waals surface area contributed by atoms with Gasteiger partial charge < -0.3 is 44.0 Å². The lowest BCUT2D eigenvalue weighted by molar-refractivity contribution is -0.302. The zero-order chi connectivity index (χ0) is 42.0. The van der Waals surface area contributed by atoms with Crippen molar-refractivity contribution >= 4 is 23.4 Å². The number of fused-ring (bicyclic) bond motifs is 3. The molecule has 13 nitrogen and oxygen atoms in total. The van der Waals surface area contributed by atoms with E-state index in [1.165, 1.54) is 19.1 Å². The number of rotatable bonds is 7. The average molecular weight is 803 g/mol.